The molecule has 102 valence electrons. The molecule has 3 heteroatoms. The van der Waals surface area contributed by atoms with Crippen molar-refractivity contribution in [3.8, 4) is 0 Å². The summed E-state index contributed by atoms with van der Waals surface area (Å²) in [6, 6.07) is 10.2. The number of alkyl halides is 1. The van der Waals surface area contributed by atoms with Crippen molar-refractivity contribution in [2.45, 2.75) is 25.8 Å². The average Bonchev–Trinajstić information content (AvgIpc) is 3.05. The third-order valence-corrected chi connectivity index (χ3v) is 4.64. The molecule has 2 aliphatic rings. The summed E-state index contributed by atoms with van der Waals surface area (Å²) in [5.41, 5.74) is 1.18. The summed E-state index contributed by atoms with van der Waals surface area (Å²) in [6.07, 6.45) is 3.58. The van der Waals surface area contributed by atoms with E-state index in [1.54, 1.807) is 0 Å². The third-order valence-electron chi connectivity index (χ3n) is 4.48. The predicted molar refractivity (Wildman–Crippen MR) is 76.9 cm³/mol. The Morgan fingerprint density at radius 3 is 2.47 bits per heavy atom. The lowest BCUT2D eigenvalue weighted by Crippen LogP contribution is -2.36. The minimum Gasteiger partial charge on any atom is -0.337 e. The highest BCUT2D eigenvalue weighted by atomic mass is 35.5. The molecule has 0 radical (unpaired) electrons. The van der Waals surface area contributed by atoms with E-state index in [1.807, 2.05) is 23.1 Å². The lowest BCUT2D eigenvalue weighted by atomic mass is 10.0. The number of hydrogen-bond acceptors (Lipinski definition) is 1. The van der Waals surface area contributed by atoms with E-state index in [1.165, 1.54) is 12.0 Å². The molecule has 2 atom stereocenters. The maximum atomic E-state index is 12.6. The van der Waals surface area contributed by atoms with Crippen LogP contribution in [0.3, 0.4) is 0 Å². The van der Waals surface area contributed by atoms with Crippen LogP contribution in [0.15, 0.2) is 30.3 Å². The van der Waals surface area contributed by atoms with Crippen LogP contribution in [-0.2, 0) is 11.3 Å². The molecule has 19 heavy (non-hydrogen) atoms. The van der Waals surface area contributed by atoms with Gasteiger partial charge in [0.05, 0.1) is 0 Å². The molecule has 0 aromatic heterocycles. The van der Waals surface area contributed by atoms with Gasteiger partial charge in [0.2, 0.25) is 5.91 Å². The second kappa shape index (κ2) is 5.54. The number of nitrogens with zero attached hydrogens (tertiary/aromatic N) is 1. The van der Waals surface area contributed by atoms with Crippen molar-refractivity contribution in [3.05, 3.63) is 35.9 Å². The van der Waals surface area contributed by atoms with E-state index in [0.29, 0.717) is 24.9 Å². The summed E-state index contributed by atoms with van der Waals surface area (Å²) in [5, 5.41) is 0. The Labute approximate surface area is 119 Å². The van der Waals surface area contributed by atoms with Gasteiger partial charge in [-0.1, -0.05) is 30.3 Å². The average molecular weight is 278 g/mol. The zero-order valence-electron chi connectivity index (χ0n) is 11.1. The number of carbonyl (C=O) groups is 1. The zero-order valence-corrected chi connectivity index (χ0v) is 11.9. The van der Waals surface area contributed by atoms with E-state index >= 15 is 0 Å². The molecule has 0 heterocycles. The van der Waals surface area contributed by atoms with Crippen molar-refractivity contribution in [3.63, 3.8) is 0 Å². The van der Waals surface area contributed by atoms with Crippen molar-refractivity contribution in [2.24, 2.45) is 17.8 Å². The summed E-state index contributed by atoms with van der Waals surface area (Å²) >= 11 is 5.86. The molecule has 2 fully saturated rings. The van der Waals surface area contributed by atoms with Gasteiger partial charge in [-0.05, 0) is 36.7 Å². The minimum absolute atomic E-state index is 0.260. The molecule has 1 amide bonds. The summed E-state index contributed by atoms with van der Waals surface area (Å²) < 4.78 is 0. The van der Waals surface area contributed by atoms with Crippen molar-refractivity contribution in [1.82, 2.24) is 4.90 Å². The van der Waals surface area contributed by atoms with E-state index < -0.39 is 0 Å². The quantitative estimate of drug-likeness (QED) is 0.756. The summed E-state index contributed by atoms with van der Waals surface area (Å²) in [5.74, 6) is 2.79. The fourth-order valence-corrected chi connectivity index (χ4v) is 3.55. The van der Waals surface area contributed by atoms with Crippen molar-refractivity contribution in [2.75, 3.05) is 12.4 Å². The Morgan fingerprint density at radius 1 is 1.16 bits per heavy atom. The molecule has 3 rings (SSSR count). The first kappa shape index (κ1) is 13.0. The second-order valence-electron chi connectivity index (χ2n) is 5.86. The van der Waals surface area contributed by atoms with Crippen LogP contribution in [0.1, 0.15) is 24.8 Å². The van der Waals surface area contributed by atoms with E-state index in [9.17, 15) is 4.79 Å². The lowest BCUT2D eigenvalue weighted by Gasteiger charge is -2.25. The van der Waals surface area contributed by atoms with Gasteiger partial charge >= 0.3 is 0 Å². The van der Waals surface area contributed by atoms with Crippen LogP contribution >= 0.6 is 11.6 Å². The topological polar surface area (TPSA) is 20.3 Å². The molecule has 0 spiro atoms. The summed E-state index contributed by atoms with van der Waals surface area (Å²) in [6.45, 7) is 1.35. The number of carbonyl (C=O) groups excluding carboxylic acids is 1. The summed E-state index contributed by atoms with van der Waals surface area (Å²) in [7, 11) is 0. The van der Waals surface area contributed by atoms with Gasteiger partial charge in [-0.15, -0.1) is 11.6 Å². The van der Waals surface area contributed by atoms with E-state index in [-0.39, 0.29) is 5.92 Å². The molecule has 1 aromatic carbocycles. The number of benzene rings is 1. The standard InChI is InChI=1S/C16H20ClNO/c17-6-7-18(11-12-4-2-1-3-5-12)16(19)15-9-13-8-14(13)10-15/h1-5,13-15H,6-11H2. The number of halogens is 1. The number of amides is 1. The van der Waals surface area contributed by atoms with Gasteiger partial charge in [-0.25, -0.2) is 0 Å². The highest BCUT2D eigenvalue weighted by Crippen LogP contribution is 2.54. The van der Waals surface area contributed by atoms with Crippen molar-refractivity contribution >= 4 is 17.5 Å². The molecular weight excluding hydrogens is 258 g/mol. The van der Waals surface area contributed by atoms with Gasteiger partial charge in [0, 0.05) is 24.9 Å². The molecule has 0 saturated heterocycles. The molecule has 1 aromatic rings. The normalized spacial score (nSPS) is 27.9. The van der Waals surface area contributed by atoms with Crippen LogP contribution in [-0.4, -0.2) is 23.2 Å². The number of fused-ring (bicyclic) bond motifs is 1. The van der Waals surface area contributed by atoms with Gasteiger partial charge in [0.25, 0.3) is 0 Å². The third kappa shape index (κ3) is 2.94. The van der Waals surface area contributed by atoms with Gasteiger partial charge in [0.1, 0.15) is 0 Å². The Kier molecular flexibility index (Phi) is 3.79. The van der Waals surface area contributed by atoms with Crippen LogP contribution in [0.25, 0.3) is 0 Å². The molecular formula is C16H20ClNO. The number of rotatable bonds is 5. The van der Waals surface area contributed by atoms with E-state index in [0.717, 1.165) is 24.7 Å². The Hall–Kier alpha value is -1.02. The molecule has 0 bridgehead atoms. The van der Waals surface area contributed by atoms with E-state index in [2.05, 4.69) is 12.1 Å². The largest absolute Gasteiger partial charge is 0.337 e. The minimum atomic E-state index is 0.260. The SMILES string of the molecule is O=C(C1CC2CC2C1)N(CCCl)Cc1ccccc1. The van der Waals surface area contributed by atoms with Crippen LogP contribution in [0.4, 0.5) is 0 Å². The molecule has 2 saturated carbocycles. The smallest absolute Gasteiger partial charge is 0.226 e. The van der Waals surface area contributed by atoms with Crippen LogP contribution < -0.4 is 0 Å². The highest BCUT2D eigenvalue weighted by Gasteiger charge is 2.48. The first-order valence-electron chi connectivity index (χ1n) is 7.16. The van der Waals surface area contributed by atoms with Crippen molar-refractivity contribution < 1.29 is 4.79 Å². The Morgan fingerprint density at radius 2 is 1.84 bits per heavy atom. The van der Waals surface area contributed by atoms with Gasteiger partial charge in [-0.2, -0.15) is 0 Å². The van der Waals surface area contributed by atoms with E-state index in [4.69, 9.17) is 11.6 Å². The van der Waals surface area contributed by atoms with Crippen LogP contribution in [0.5, 0.6) is 0 Å². The Balaban J connectivity index is 1.64. The van der Waals surface area contributed by atoms with Crippen LogP contribution in [0, 0.1) is 17.8 Å². The second-order valence-corrected chi connectivity index (χ2v) is 6.24. The fraction of sp³-hybridized carbons (Fsp3) is 0.562. The first-order chi connectivity index (χ1) is 9.28. The number of hydrogen-bond donors (Lipinski definition) is 0. The van der Waals surface area contributed by atoms with Gasteiger partial charge < -0.3 is 4.90 Å². The molecule has 2 aliphatic carbocycles. The van der Waals surface area contributed by atoms with Crippen LogP contribution in [0.2, 0.25) is 0 Å². The maximum Gasteiger partial charge on any atom is 0.226 e. The lowest BCUT2D eigenvalue weighted by molar-refractivity contribution is -0.136. The maximum absolute atomic E-state index is 12.6. The summed E-state index contributed by atoms with van der Waals surface area (Å²) in [4.78, 5) is 14.5. The van der Waals surface area contributed by atoms with Gasteiger partial charge in [-0.3, -0.25) is 4.79 Å². The fourth-order valence-electron chi connectivity index (χ4n) is 3.35. The predicted octanol–water partition coefficient (Wildman–Crippen LogP) is 3.30. The monoisotopic (exact) mass is 277 g/mol. The molecule has 2 unspecified atom stereocenters. The molecule has 0 N–H and O–H groups in total. The highest BCUT2D eigenvalue weighted by molar-refractivity contribution is 6.18. The molecule has 2 nitrogen and oxygen atoms in total. The zero-order chi connectivity index (χ0) is 13.2. The van der Waals surface area contributed by atoms with Gasteiger partial charge in [0.15, 0.2) is 0 Å². The molecule has 0 aliphatic heterocycles. The Bertz CT molecular complexity index is 437. The van der Waals surface area contributed by atoms with Crippen molar-refractivity contribution in [1.29, 1.82) is 0 Å². The first-order valence-corrected chi connectivity index (χ1v) is 7.70.